The summed E-state index contributed by atoms with van der Waals surface area (Å²) in [5.41, 5.74) is 1.79. The molecule has 1 amide bonds. The second kappa shape index (κ2) is 9.16. The van der Waals surface area contributed by atoms with E-state index in [4.69, 9.17) is 10.00 Å². The summed E-state index contributed by atoms with van der Waals surface area (Å²) in [6.07, 6.45) is 1.54. The number of carbonyl (C=O) groups excluding carboxylic acids is 1. The van der Waals surface area contributed by atoms with Gasteiger partial charge in [-0.25, -0.2) is 8.42 Å². The third-order valence-corrected chi connectivity index (χ3v) is 5.12. The fourth-order valence-corrected chi connectivity index (χ4v) is 3.21. The van der Waals surface area contributed by atoms with Gasteiger partial charge < -0.3 is 10.1 Å². The van der Waals surface area contributed by atoms with Gasteiger partial charge in [-0.2, -0.15) is 9.57 Å². The number of carbonyl (C=O) groups is 1. The molecule has 2 aromatic carbocycles. The standard InChI is InChI=1S/C19H21N3O4S/c1-26-18-8-6-15(7-9-18)10-11-22(27(2,24)25)14-19(23)21-17-5-3-4-16(12-17)13-20/h3-9,12H,10-11,14H2,1-2H3,(H,21,23). The van der Waals surface area contributed by atoms with Crippen molar-refractivity contribution >= 4 is 21.6 Å². The van der Waals surface area contributed by atoms with Crippen LogP contribution in [0.15, 0.2) is 48.5 Å². The molecule has 0 fully saturated rings. The van der Waals surface area contributed by atoms with Crippen molar-refractivity contribution in [1.29, 1.82) is 5.26 Å². The van der Waals surface area contributed by atoms with Crippen LogP contribution >= 0.6 is 0 Å². The molecule has 7 nitrogen and oxygen atoms in total. The normalized spacial score (nSPS) is 11.0. The minimum absolute atomic E-state index is 0.177. The largest absolute Gasteiger partial charge is 0.497 e. The van der Waals surface area contributed by atoms with Crippen LogP contribution in [-0.2, 0) is 21.2 Å². The fourth-order valence-electron chi connectivity index (χ4n) is 2.44. The molecule has 0 aliphatic carbocycles. The van der Waals surface area contributed by atoms with Crippen molar-refractivity contribution in [2.24, 2.45) is 0 Å². The van der Waals surface area contributed by atoms with E-state index < -0.39 is 15.9 Å². The Morgan fingerprint density at radius 3 is 2.52 bits per heavy atom. The molecule has 8 heteroatoms. The number of hydrogen-bond acceptors (Lipinski definition) is 5. The molecule has 0 saturated carbocycles. The summed E-state index contributed by atoms with van der Waals surface area (Å²) in [7, 11) is -1.98. The lowest BCUT2D eigenvalue weighted by atomic mass is 10.1. The van der Waals surface area contributed by atoms with Crippen LogP contribution in [0.2, 0.25) is 0 Å². The molecule has 0 aliphatic heterocycles. The average molecular weight is 387 g/mol. The third kappa shape index (κ3) is 6.40. The van der Waals surface area contributed by atoms with Gasteiger partial charge in [-0.05, 0) is 42.3 Å². The number of anilines is 1. The number of benzene rings is 2. The lowest BCUT2D eigenvalue weighted by Crippen LogP contribution is -2.38. The number of rotatable bonds is 8. The first kappa shape index (κ1) is 20.4. The molecule has 0 unspecified atom stereocenters. The second-order valence-electron chi connectivity index (χ2n) is 5.94. The number of sulfonamides is 1. The Bertz CT molecular complexity index is 934. The number of ether oxygens (including phenoxy) is 1. The molecule has 0 saturated heterocycles. The monoisotopic (exact) mass is 387 g/mol. The zero-order valence-electron chi connectivity index (χ0n) is 15.2. The van der Waals surface area contributed by atoms with Crippen LogP contribution in [0.25, 0.3) is 0 Å². The first-order valence-electron chi connectivity index (χ1n) is 8.20. The van der Waals surface area contributed by atoms with Crippen LogP contribution in [0.5, 0.6) is 5.75 Å². The van der Waals surface area contributed by atoms with Gasteiger partial charge in [0.15, 0.2) is 0 Å². The van der Waals surface area contributed by atoms with Gasteiger partial charge in [0.05, 0.1) is 31.5 Å². The van der Waals surface area contributed by atoms with Gasteiger partial charge in [0.1, 0.15) is 5.75 Å². The maximum absolute atomic E-state index is 12.2. The Hall–Kier alpha value is -2.89. The molecular weight excluding hydrogens is 366 g/mol. The summed E-state index contributed by atoms with van der Waals surface area (Å²) >= 11 is 0. The molecule has 27 heavy (non-hydrogen) atoms. The molecule has 0 heterocycles. The average Bonchev–Trinajstić information content (AvgIpc) is 2.64. The van der Waals surface area contributed by atoms with E-state index in [2.05, 4.69) is 5.32 Å². The highest BCUT2D eigenvalue weighted by Crippen LogP contribution is 2.13. The van der Waals surface area contributed by atoms with Crippen LogP contribution in [0.4, 0.5) is 5.69 Å². The molecule has 0 atom stereocenters. The third-order valence-electron chi connectivity index (χ3n) is 3.87. The van der Waals surface area contributed by atoms with Gasteiger partial charge in [0.25, 0.3) is 0 Å². The summed E-state index contributed by atoms with van der Waals surface area (Å²) in [6, 6.07) is 15.7. The maximum atomic E-state index is 12.2. The molecule has 0 aromatic heterocycles. The molecule has 0 radical (unpaired) electrons. The lowest BCUT2D eigenvalue weighted by Gasteiger charge is -2.19. The van der Waals surface area contributed by atoms with Gasteiger partial charge in [-0.1, -0.05) is 18.2 Å². The van der Waals surface area contributed by atoms with Gasteiger partial charge in [-0.3, -0.25) is 4.79 Å². The van der Waals surface area contributed by atoms with Crippen molar-refractivity contribution in [3.05, 3.63) is 59.7 Å². The van der Waals surface area contributed by atoms with Crippen LogP contribution in [0.1, 0.15) is 11.1 Å². The quantitative estimate of drug-likeness (QED) is 0.747. The highest BCUT2D eigenvalue weighted by molar-refractivity contribution is 7.88. The number of nitrogens with one attached hydrogen (secondary N) is 1. The fraction of sp³-hybridized carbons (Fsp3) is 0.263. The van der Waals surface area contributed by atoms with Crippen LogP contribution in [-0.4, -0.2) is 45.1 Å². The van der Waals surface area contributed by atoms with E-state index >= 15 is 0 Å². The zero-order valence-corrected chi connectivity index (χ0v) is 16.0. The van der Waals surface area contributed by atoms with Gasteiger partial charge in [-0.15, -0.1) is 0 Å². The van der Waals surface area contributed by atoms with Crippen molar-refractivity contribution < 1.29 is 17.9 Å². The molecule has 2 rings (SSSR count). The summed E-state index contributed by atoms with van der Waals surface area (Å²) in [6.45, 7) is -0.122. The Morgan fingerprint density at radius 2 is 1.93 bits per heavy atom. The van der Waals surface area contributed by atoms with Gasteiger partial charge >= 0.3 is 0 Å². The zero-order chi connectivity index (χ0) is 19.9. The summed E-state index contributed by atoms with van der Waals surface area (Å²) in [5, 5.41) is 11.5. The summed E-state index contributed by atoms with van der Waals surface area (Å²) < 4.78 is 30.3. The minimum Gasteiger partial charge on any atom is -0.497 e. The Kier molecular flexibility index (Phi) is 6.93. The number of nitrogens with zero attached hydrogens (tertiary/aromatic N) is 2. The van der Waals surface area contributed by atoms with Gasteiger partial charge in [0.2, 0.25) is 15.9 Å². The Balaban J connectivity index is 2.00. The first-order chi connectivity index (χ1) is 12.8. The first-order valence-corrected chi connectivity index (χ1v) is 10.0. The highest BCUT2D eigenvalue weighted by atomic mass is 32.2. The SMILES string of the molecule is COc1ccc(CCN(CC(=O)Nc2cccc(C#N)c2)S(C)(=O)=O)cc1. The van der Waals surface area contributed by atoms with E-state index in [1.807, 2.05) is 18.2 Å². The van der Waals surface area contributed by atoms with E-state index in [1.54, 1.807) is 37.4 Å². The molecule has 0 aliphatic rings. The molecule has 142 valence electrons. The smallest absolute Gasteiger partial charge is 0.239 e. The van der Waals surface area contributed by atoms with Crippen LogP contribution in [0, 0.1) is 11.3 Å². The molecule has 2 aromatic rings. The Morgan fingerprint density at radius 1 is 1.22 bits per heavy atom. The lowest BCUT2D eigenvalue weighted by molar-refractivity contribution is -0.116. The molecule has 0 bridgehead atoms. The van der Waals surface area contributed by atoms with E-state index in [0.29, 0.717) is 17.7 Å². The predicted molar refractivity (Wildman–Crippen MR) is 103 cm³/mol. The van der Waals surface area contributed by atoms with Crippen molar-refractivity contribution in [3.8, 4) is 11.8 Å². The molecule has 0 spiro atoms. The summed E-state index contributed by atoms with van der Waals surface area (Å²) in [5.74, 6) is 0.253. The molecule has 1 N–H and O–H groups in total. The minimum atomic E-state index is -3.55. The number of amides is 1. The number of methoxy groups -OCH3 is 1. The van der Waals surface area contributed by atoms with E-state index in [-0.39, 0.29) is 13.1 Å². The highest BCUT2D eigenvalue weighted by Gasteiger charge is 2.20. The van der Waals surface area contributed by atoms with Crippen LogP contribution < -0.4 is 10.1 Å². The number of nitriles is 1. The van der Waals surface area contributed by atoms with E-state index in [9.17, 15) is 13.2 Å². The van der Waals surface area contributed by atoms with E-state index in [1.165, 1.54) is 6.07 Å². The number of hydrogen-bond donors (Lipinski definition) is 1. The van der Waals surface area contributed by atoms with E-state index in [0.717, 1.165) is 21.9 Å². The van der Waals surface area contributed by atoms with Crippen molar-refractivity contribution in [2.45, 2.75) is 6.42 Å². The van der Waals surface area contributed by atoms with Gasteiger partial charge in [0, 0.05) is 12.2 Å². The molecular formula is C19H21N3O4S. The maximum Gasteiger partial charge on any atom is 0.239 e. The predicted octanol–water partition coefficient (Wildman–Crippen LogP) is 2.01. The van der Waals surface area contributed by atoms with Crippen molar-refractivity contribution in [1.82, 2.24) is 4.31 Å². The van der Waals surface area contributed by atoms with Crippen LogP contribution in [0.3, 0.4) is 0 Å². The summed E-state index contributed by atoms with van der Waals surface area (Å²) in [4.78, 5) is 12.2. The van der Waals surface area contributed by atoms with Crippen molar-refractivity contribution in [3.63, 3.8) is 0 Å². The topological polar surface area (TPSA) is 99.5 Å². The van der Waals surface area contributed by atoms with Crippen molar-refractivity contribution in [2.75, 3.05) is 31.8 Å². The second-order valence-corrected chi connectivity index (χ2v) is 7.92. The Labute approximate surface area is 159 Å².